The highest BCUT2D eigenvalue weighted by molar-refractivity contribution is 14.1. The topological polar surface area (TPSA) is 0 Å². The van der Waals surface area contributed by atoms with Gasteiger partial charge in [0.25, 0.3) is 0 Å². The summed E-state index contributed by atoms with van der Waals surface area (Å²) in [5.74, 6) is -0.992. The Kier molecular flexibility index (Phi) is 3.04. The molecule has 3 heteroatoms. The summed E-state index contributed by atoms with van der Waals surface area (Å²) in [4.78, 5) is 0. The molecule has 0 aliphatic carbocycles. The van der Waals surface area contributed by atoms with Crippen LogP contribution in [0, 0.1) is 15.2 Å². The molecular weight excluding hydrogens is 273 g/mol. The van der Waals surface area contributed by atoms with Gasteiger partial charge >= 0.3 is 0 Å². The van der Waals surface area contributed by atoms with Crippen molar-refractivity contribution in [1.29, 1.82) is 0 Å². The van der Waals surface area contributed by atoms with Crippen molar-refractivity contribution in [1.82, 2.24) is 0 Å². The maximum Gasteiger partial charge on any atom is 0.142 e. The van der Waals surface area contributed by atoms with Crippen LogP contribution in [-0.4, -0.2) is 0 Å². The van der Waals surface area contributed by atoms with Gasteiger partial charge in [-0.15, -0.1) is 0 Å². The Morgan fingerprint density at radius 1 is 1.25 bits per heavy atom. The van der Waals surface area contributed by atoms with Crippen molar-refractivity contribution in [2.45, 2.75) is 19.8 Å². The molecular formula is C9H9F2I. The maximum absolute atomic E-state index is 13.3. The highest BCUT2D eigenvalue weighted by Gasteiger charge is 2.14. The van der Waals surface area contributed by atoms with Crippen molar-refractivity contribution in [3.05, 3.63) is 32.9 Å². The van der Waals surface area contributed by atoms with Gasteiger partial charge in [-0.3, -0.25) is 0 Å². The molecule has 0 bridgehead atoms. The lowest BCUT2D eigenvalue weighted by atomic mass is 10.0. The first-order valence-corrected chi connectivity index (χ1v) is 4.75. The average Bonchev–Trinajstić information content (AvgIpc) is 1.97. The molecule has 0 atom stereocenters. The lowest BCUT2D eigenvalue weighted by Gasteiger charge is -2.08. The summed E-state index contributed by atoms with van der Waals surface area (Å²) >= 11 is 1.86. The van der Waals surface area contributed by atoms with Gasteiger partial charge in [0, 0.05) is 9.13 Å². The van der Waals surface area contributed by atoms with Crippen LogP contribution in [0.15, 0.2) is 12.1 Å². The van der Waals surface area contributed by atoms with E-state index in [4.69, 9.17) is 0 Å². The molecule has 0 spiro atoms. The van der Waals surface area contributed by atoms with Crippen molar-refractivity contribution in [3.63, 3.8) is 0 Å². The van der Waals surface area contributed by atoms with Gasteiger partial charge in [0.05, 0.1) is 0 Å². The molecule has 0 nitrogen and oxygen atoms in total. The summed E-state index contributed by atoms with van der Waals surface area (Å²) in [5.41, 5.74) is 0.182. The normalized spacial score (nSPS) is 10.8. The van der Waals surface area contributed by atoms with E-state index in [1.807, 2.05) is 22.6 Å². The second-order valence-electron chi connectivity index (χ2n) is 2.91. The zero-order valence-corrected chi connectivity index (χ0v) is 9.02. The largest absolute Gasteiger partial charge is 0.207 e. The van der Waals surface area contributed by atoms with Gasteiger partial charge < -0.3 is 0 Å². The van der Waals surface area contributed by atoms with Gasteiger partial charge in [-0.1, -0.05) is 13.8 Å². The molecule has 0 N–H and O–H groups in total. The first-order chi connectivity index (χ1) is 5.54. The lowest BCUT2D eigenvalue weighted by molar-refractivity contribution is 0.537. The number of benzene rings is 1. The summed E-state index contributed by atoms with van der Waals surface area (Å²) in [7, 11) is 0. The first kappa shape index (κ1) is 9.89. The molecule has 0 amide bonds. The quantitative estimate of drug-likeness (QED) is 0.544. The van der Waals surface area contributed by atoms with E-state index < -0.39 is 11.6 Å². The third-order valence-corrected chi connectivity index (χ3v) is 2.49. The predicted octanol–water partition coefficient (Wildman–Crippen LogP) is 3.69. The number of hydrogen-bond donors (Lipinski definition) is 0. The van der Waals surface area contributed by atoms with Crippen LogP contribution in [0.4, 0.5) is 8.78 Å². The minimum absolute atomic E-state index is 0.111. The predicted molar refractivity (Wildman–Crippen MR) is 53.2 cm³/mol. The molecule has 0 aromatic heterocycles. The average molecular weight is 282 g/mol. The molecule has 66 valence electrons. The molecule has 0 fully saturated rings. The van der Waals surface area contributed by atoms with Crippen LogP contribution in [-0.2, 0) is 0 Å². The fraction of sp³-hybridized carbons (Fsp3) is 0.333. The fourth-order valence-electron chi connectivity index (χ4n) is 1.07. The molecule has 0 heterocycles. The molecule has 0 radical (unpaired) electrons. The molecule has 0 saturated carbocycles. The van der Waals surface area contributed by atoms with E-state index >= 15 is 0 Å². The summed E-state index contributed by atoms with van der Waals surface area (Å²) < 4.78 is 26.8. The lowest BCUT2D eigenvalue weighted by Crippen LogP contribution is -1.99. The van der Waals surface area contributed by atoms with Crippen LogP contribution in [0.2, 0.25) is 0 Å². The van der Waals surface area contributed by atoms with E-state index in [0.717, 1.165) is 0 Å². The fourth-order valence-corrected chi connectivity index (χ4v) is 1.54. The Balaban J connectivity index is 3.33. The van der Waals surface area contributed by atoms with E-state index in [1.54, 1.807) is 13.8 Å². The van der Waals surface area contributed by atoms with Gasteiger partial charge in [-0.2, -0.15) is 0 Å². The van der Waals surface area contributed by atoms with Crippen LogP contribution in [0.3, 0.4) is 0 Å². The third-order valence-electron chi connectivity index (χ3n) is 1.66. The van der Waals surface area contributed by atoms with E-state index in [9.17, 15) is 8.78 Å². The molecule has 1 aromatic carbocycles. The van der Waals surface area contributed by atoms with Crippen molar-refractivity contribution >= 4 is 22.6 Å². The van der Waals surface area contributed by atoms with Crippen molar-refractivity contribution < 1.29 is 8.78 Å². The van der Waals surface area contributed by atoms with Gasteiger partial charge in [-0.25, -0.2) is 8.78 Å². The third kappa shape index (κ3) is 1.76. The molecule has 12 heavy (non-hydrogen) atoms. The summed E-state index contributed by atoms with van der Waals surface area (Å²) in [6.45, 7) is 3.55. The second kappa shape index (κ2) is 3.68. The van der Waals surface area contributed by atoms with Gasteiger partial charge in [-0.05, 0) is 40.6 Å². The Morgan fingerprint density at radius 3 is 2.25 bits per heavy atom. The Hall–Kier alpha value is -0.190. The molecule has 0 saturated heterocycles. The van der Waals surface area contributed by atoms with Crippen LogP contribution in [0.1, 0.15) is 25.3 Å². The highest BCUT2D eigenvalue weighted by atomic mass is 127. The van der Waals surface area contributed by atoms with E-state index in [-0.39, 0.29) is 11.5 Å². The van der Waals surface area contributed by atoms with E-state index in [1.165, 1.54) is 12.1 Å². The SMILES string of the molecule is CC(C)c1c(F)ccc(I)c1F. The van der Waals surface area contributed by atoms with Crippen LogP contribution in [0.5, 0.6) is 0 Å². The van der Waals surface area contributed by atoms with Gasteiger partial charge in [0.2, 0.25) is 0 Å². The van der Waals surface area contributed by atoms with Crippen molar-refractivity contribution in [2.24, 2.45) is 0 Å². The zero-order chi connectivity index (χ0) is 9.30. The van der Waals surface area contributed by atoms with E-state index in [0.29, 0.717) is 3.57 Å². The van der Waals surface area contributed by atoms with E-state index in [2.05, 4.69) is 0 Å². The van der Waals surface area contributed by atoms with Crippen LogP contribution >= 0.6 is 22.6 Å². The van der Waals surface area contributed by atoms with Crippen molar-refractivity contribution in [3.8, 4) is 0 Å². The minimum atomic E-state index is -0.456. The number of rotatable bonds is 1. The highest BCUT2D eigenvalue weighted by Crippen LogP contribution is 2.25. The zero-order valence-electron chi connectivity index (χ0n) is 6.87. The smallest absolute Gasteiger partial charge is 0.142 e. The summed E-state index contributed by atoms with van der Waals surface area (Å²) in [6.07, 6.45) is 0. The maximum atomic E-state index is 13.3. The van der Waals surface area contributed by atoms with Crippen LogP contribution < -0.4 is 0 Å². The standard InChI is InChI=1S/C9H9F2I/c1-5(2)8-6(10)3-4-7(12)9(8)11/h3-5H,1-2H3. The Morgan fingerprint density at radius 2 is 1.83 bits per heavy atom. The molecule has 1 rings (SSSR count). The molecule has 0 aliphatic rings. The molecule has 1 aromatic rings. The minimum Gasteiger partial charge on any atom is -0.207 e. The van der Waals surface area contributed by atoms with Crippen molar-refractivity contribution in [2.75, 3.05) is 0 Å². The van der Waals surface area contributed by atoms with Gasteiger partial charge in [0.1, 0.15) is 11.6 Å². The first-order valence-electron chi connectivity index (χ1n) is 3.67. The van der Waals surface area contributed by atoms with Crippen LogP contribution in [0.25, 0.3) is 0 Å². The monoisotopic (exact) mass is 282 g/mol. The second-order valence-corrected chi connectivity index (χ2v) is 4.07. The Labute approximate surface area is 84.1 Å². The Bertz CT molecular complexity index is 295. The van der Waals surface area contributed by atoms with Gasteiger partial charge in [0.15, 0.2) is 0 Å². The number of hydrogen-bond acceptors (Lipinski definition) is 0. The summed E-state index contributed by atoms with van der Waals surface area (Å²) in [6, 6.07) is 2.75. The summed E-state index contributed by atoms with van der Waals surface area (Å²) in [5, 5.41) is 0. The molecule has 0 aliphatic heterocycles. The number of halogens is 3. The molecule has 0 unspecified atom stereocenters.